The van der Waals surface area contributed by atoms with Gasteiger partial charge in [0.05, 0.1) is 16.7 Å². The number of hydrogen-bond donors (Lipinski definition) is 1. The third-order valence-electron chi connectivity index (χ3n) is 3.83. The normalized spacial score (nSPS) is 11.5. The maximum Gasteiger partial charge on any atom is 0.417 e. The molecule has 0 bridgehead atoms. The highest BCUT2D eigenvalue weighted by molar-refractivity contribution is 5.95. The van der Waals surface area contributed by atoms with Crippen molar-refractivity contribution in [3.63, 3.8) is 0 Å². The van der Waals surface area contributed by atoms with Crippen LogP contribution in [0.5, 0.6) is 0 Å². The number of esters is 1. The zero-order valence-corrected chi connectivity index (χ0v) is 14.4. The molecule has 2 aromatic carbocycles. The molecule has 0 radical (unpaired) electrons. The van der Waals surface area contributed by atoms with E-state index in [4.69, 9.17) is 14.9 Å². The lowest BCUT2D eigenvalue weighted by atomic mass is 10.1. The number of aromatic nitrogens is 2. The summed E-state index contributed by atoms with van der Waals surface area (Å²) in [6.45, 7) is 1.01. The summed E-state index contributed by atoms with van der Waals surface area (Å²) in [5, 5.41) is 7.14. The molecule has 0 saturated carbocycles. The van der Waals surface area contributed by atoms with Gasteiger partial charge in [-0.25, -0.2) is 9.18 Å². The number of carbonyl (C=O) groups excluding carboxylic acids is 1. The molecule has 0 aliphatic heterocycles. The fourth-order valence-electron chi connectivity index (χ4n) is 2.47. The fraction of sp³-hybridized carbons (Fsp3) is 0.167. The Kier molecular flexibility index (Phi) is 5.04. The molecular weight excluding hydrogens is 382 g/mol. The standard InChI is InChI=1S/C18H13F4N3O3/c1-9-6-10(19)7-12(15(9)23)17(26)27-8-14-24-25-16(28-14)11-4-2-3-5-13(11)18(20,21)22/h2-7H,8,23H2,1H3. The van der Waals surface area contributed by atoms with E-state index in [1.165, 1.54) is 25.1 Å². The van der Waals surface area contributed by atoms with Gasteiger partial charge in [-0.15, -0.1) is 10.2 Å². The zero-order valence-electron chi connectivity index (χ0n) is 14.4. The average molecular weight is 395 g/mol. The van der Waals surface area contributed by atoms with Gasteiger partial charge in [0.15, 0.2) is 6.61 Å². The lowest BCUT2D eigenvalue weighted by molar-refractivity contribution is -0.137. The number of halogens is 4. The molecule has 3 rings (SSSR count). The summed E-state index contributed by atoms with van der Waals surface area (Å²) in [4.78, 5) is 12.1. The Morgan fingerprint density at radius 2 is 1.93 bits per heavy atom. The molecule has 1 aromatic heterocycles. The molecule has 2 N–H and O–H groups in total. The Morgan fingerprint density at radius 1 is 1.21 bits per heavy atom. The van der Waals surface area contributed by atoms with Crippen LogP contribution in [0, 0.1) is 12.7 Å². The van der Waals surface area contributed by atoms with Gasteiger partial charge in [-0.2, -0.15) is 13.2 Å². The molecule has 0 aliphatic carbocycles. The second kappa shape index (κ2) is 7.29. The van der Waals surface area contributed by atoms with E-state index in [2.05, 4.69) is 10.2 Å². The molecule has 0 atom stereocenters. The fourth-order valence-corrected chi connectivity index (χ4v) is 2.47. The molecule has 0 aliphatic rings. The van der Waals surface area contributed by atoms with E-state index in [1.54, 1.807) is 0 Å². The van der Waals surface area contributed by atoms with Crippen LogP contribution in [0.4, 0.5) is 23.2 Å². The van der Waals surface area contributed by atoms with Gasteiger partial charge in [-0.05, 0) is 36.8 Å². The quantitative estimate of drug-likeness (QED) is 0.406. The number of nitrogens with zero attached hydrogens (tertiary/aromatic N) is 2. The van der Waals surface area contributed by atoms with Crippen molar-refractivity contribution in [1.29, 1.82) is 0 Å². The number of nitrogen functional groups attached to an aromatic ring is 1. The van der Waals surface area contributed by atoms with E-state index in [-0.39, 0.29) is 28.6 Å². The Bertz CT molecular complexity index is 1030. The van der Waals surface area contributed by atoms with Crippen molar-refractivity contribution in [3.8, 4) is 11.5 Å². The Balaban J connectivity index is 1.77. The second-order valence-corrected chi connectivity index (χ2v) is 5.80. The van der Waals surface area contributed by atoms with Crippen molar-refractivity contribution in [3.05, 3.63) is 64.8 Å². The molecule has 0 amide bonds. The van der Waals surface area contributed by atoms with Crippen LogP contribution in [0.15, 0.2) is 40.8 Å². The monoisotopic (exact) mass is 395 g/mol. The minimum atomic E-state index is -4.61. The topological polar surface area (TPSA) is 91.2 Å². The molecular formula is C18H13F4N3O3. The molecule has 146 valence electrons. The number of rotatable bonds is 4. The number of carbonyl (C=O) groups is 1. The lowest BCUT2D eigenvalue weighted by Crippen LogP contribution is -2.10. The van der Waals surface area contributed by atoms with Gasteiger partial charge < -0.3 is 14.9 Å². The van der Waals surface area contributed by atoms with Crippen LogP contribution >= 0.6 is 0 Å². The van der Waals surface area contributed by atoms with Gasteiger partial charge in [-0.1, -0.05) is 12.1 Å². The van der Waals surface area contributed by atoms with Gasteiger partial charge in [0.2, 0.25) is 5.89 Å². The number of aryl methyl sites for hydroxylation is 1. The molecule has 1 heterocycles. The number of alkyl halides is 3. The largest absolute Gasteiger partial charge is 0.452 e. The summed E-state index contributed by atoms with van der Waals surface area (Å²) in [6.07, 6.45) is -4.61. The first kappa shape index (κ1) is 19.3. The van der Waals surface area contributed by atoms with E-state index in [1.807, 2.05) is 0 Å². The molecule has 3 aromatic rings. The molecule has 0 spiro atoms. The Hall–Kier alpha value is -3.43. The molecule has 6 nitrogen and oxygen atoms in total. The predicted molar refractivity (Wildman–Crippen MR) is 89.4 cm³/mol. The summed E-state index contributed by atoms with van der Waals surface area (Å²) in [6, 6.07) is 6.77. The van der Waals surface area contributed by atoms with E-state index in [0.29, 0.717) is 5.56 Å². The van der Waals surface area contributed by atoms with E-state index >= 15 is 0 Å². The summed E-state index contributed by atoms with van der Waals surface area (Å²) >= 11 is 0. The number of nitrogens with two attached hydrogens (primary N) is 1. The van der Waals surface area contributed by atoms with Crippen molar-refractivity contribution < 1.29 is 31.5 Å². The van der Waals surface area contributed by atoms with Crippen molar-refractivity contribution in [2.45, 2.75) is 19.7 Å². The molecule has 10 heteroatoms. The summed E-state index contributed by atoms with van der Waals surface area (Å²) in [5.41, 5.74) is 4.72. The molecule has 0 saturated heterocycles. The maximum atomic E-state index is 13.5. The van der Waals surface area contributed by atoms with Crippen molar-refractivity contribution in [1.82, 2.24) is 10.2 Å². The number of anilines is 1. The predicted octanol–water partition coefficient (Wildman–Crippen LogP) is 4.14. The highest BCUT2D eigenvalue weighted by atomic mass is 19.4. The smallest absolute Gasteiger partial charge is 0.417 e. The third kappa shape index (κ3) is 3.95. The van der Waals surface area contributed by atoms with Gasteiger partial charge in [0.1, 0.15) is 5.82 Å². The first-order valence-corrected chi connectivity index (χ1v) is 7.88. The summed E-state index contributed by atoms with van der Waals surface area (Å²) in [5.74, 6) is -2.20. The van der Waals surface area contributed by atoms with Crippen molar-refractivity contribution in [2.75, 3.05) is 5.73 Å². The highest BCUT2D eigenvalue weighted by Crippen LogP contribution is 2.36. The number of ether oxygens (including phenoxy) is 1. The SMILES string of the molecule is Cc1cc(F)cc(C(=O)OCc2nnc(-c3ccccc3C(F)(F)F)o2)c1N. The van der Waals surface area contributed by atoms with E-state index < -0.39 is 30.1 Å². The molecule has 0 unspecified atom stereocenters. The zero-order chi connectivity index (χ0) is 20.5. The van der Waals surface area contributed by atoms with Crippen molar-refractivity contribution in [2.24, 2.45) is 0 Å². The lowest BCUT2D eigenvalue weighted by Gasteiger charge is -2.09. The van der Waals surface area contributed by atoms with Crippen LogP contribution in [-0.4, -0.2) is 16.2 Å². The van der Waals surface area contributed by atoms with Gasteiger partial charge >= 0.3 is 12.1 Å². The van der Waals surface area contributed by atoms with Crippen molar-refractivity contribution >= 4 is 11.7 Å². The number of hydrogen-bond acceptors (Lipinski definition) is 6. The maximum absolute atomic E-state index is 13.5. The first-order chi connectivity index (χ1) is 13.2. The van der Waals surface area contributed by atoms with Crippen LogP contribution in [-0.2, 0) is 17.5 Å². The molecule has 0 fully saturated rings. The minimum absolute atomic E-state index is 0.0525. The minimum Gasteiger partial charge on any atom is -0.452 e. The Labute approximate surface area is 155 Å². The van der Waals surface area contributed by atoms with E-state index in [9.17, 15) is 22.4 Å². The van der Waals surface area contributed by atoms with Gasteiger partial charge in [-0.3, -0.25) is 0 Å². The average Bonchev–Trinajstić information content (AvgIpc) is 3.11. The second-order valence-electron chi connectivity index (χ2n) is 5.80. The first-order valence-electron chi connectivity index (χ1n) is 7.88. The summed E-state index contributed by atoms with van der Waals surface area (Å²) in [7, 11) is 0. The Morgan fingerprint density at radius 3 is 2.64 bits per heavy atom. The highest BCUT2D eigenvalue weighted by Gasteiger charge is 2.34. The van der Waals surface area contributed by atoms with Crippen LogP contribution in [0.2, 0.25) is 0 Å². The van der Waals surface area contributed by atoms with Crippen LogP contribution in [0.1, 0.15) is 27.4 Å². The van der Waals surface area contributed by atoms with Gasteiger partial charge in [0.25, 0.3) is 5.89 Å². The van der Waals surface area contributed by atoms with Crippen LogP contribution in [0.3, 0.4) is 0 Å². The van der Waals surface area contributed by atoms with Gasteiger partial charge in [0, 0.05) is 5.69 Å². The third-order valence-corrected chi connectivity index (χ3v) is 3.83. The summed E-state index contributed by atoms with van der Waals surface area (Å²) < 4.78 is 62.8. The number of benzene rings is 2. The molecule has 28 heavy (non-hydrogen) atoms. The van der Waals surface area contributed by atoms with E-state index in [0.717, 1.165) is 18.2 Å². The van der Waals surface area contributed by atoms with Crippen LogP contribution in [0.25, 0.3) is 11.5 Å². The van der Waals surface area contributed by atoms with Crippen LogP contribution < -0.4 is 5.73 Å².